The summed E-state index contributed by atoms with van der Waals surface area (Å²) in [6, 6.07) is 6.13. The molecule has 19 heavy (non-hydrogen) atoms. The molecule has 0 amide bonds. The van der Waals surface area contributed by atoms with Crippen LogP contribution in [0.5, 0.6) is 5.75 Å². The highest BCUT2D eigenvalue weighted by Crippen LogP contribution is 2.21. The van der Waals surface area contributed by atoms with Crippen LogP contribution >= 0.6 is 0 Å². The summed E-state index contributed by atoms with van der Waals surface area (Å²) in [5.41, 5.74) is 2.27. The van der Waals surface area contributed by atoms with Crippen LogP contribution in [0.15, 0.2) is 18.2 Å². The zero-order valence-corrected chi connectivity index (χ0v) is 12.6. The van der Waals surface area contributed by atoms with E-state index in [9.17, 15) is 5.11 Å². The predicted octanol–water partition coefficient (Wildman–Crippen LogP) is 2.82. The monoisotopic (exact) mass is 265 g/mol. The van der Waals surface area contributed by atoms with Gasteiger partial charge in [0.05, 0.1) is 13.2 Å². The summed E-state index contributed by atoms with van der Waals surface area (Å²) >= 11 is 0. The van der Waals surface area contributed by atoms with Gasteiger partial charge in [-0.3, -0.25) is 0 Å². The van der Waals surface area contributed by atoms with Crippen LogP contribution in [-0.4, -0.2) is 30.4 Å². The zero-order valence-electron chi connectivity index (χ0n) is 12.6. The topological polar surface area (TPSA) is 41.5 Å². The van der Waals surface area contributed by atoms with E-state index in [1.165, 1.54) is 11.1 Å². The second-order valence-electron chi connectivity index (χ2n) is 5.40. The maximum Gasteiger partial charge on any atom is 0.122 e. The van der Waals surface area contributed by atoms with Crippen LogP contribution in [-0.2, 0) is 0 Å². The minimum absolute atomic E-state index is 0.157. The van der Waals surface area contributed by atoms with E-state index in [4.69, 9.17) is 4.74 Å². The van der Waals surface area contributed by atoms with E-state index in [0.717, 1.165) is 25.1 Å². The third kappa shape index (κ3) is 4.84. The Bertz CT molecular complexity index is 392. The van der Waals surface area contributed by atoms with Crippen molar-refractivity contribution in [3.05, 3.63) is 29.3 Å². The molecule has 0 spiro atoms. The molecule has 0 aliphatic rings. The first-order chi connectivity index (χ1) is 9.02. The quantitative estimate of drug-likeness (QED) is 0.710. The Balaban J connectivity index is 2.40. The van der Waals surface area contributed by atoms with Crippen molar-refractivity contribution in [2.24, 2.45) is 0 Å². The van der Waals surface area contributed by atoms with E-state index in [-0.39, 0.29) is 12.1 Å². The van der Waals surface area contributed by atoms with Gasteiger partial charge in [0.25, 0.3) is 0 Å². The van der Waals surface area contributed by atoms with Gasteiger partial charge in [0.15, 0.2) is 0 Å². The molecular weight excluding hydrogens is 238 g/mol. The van der Waals surface area contributed by atoms with Gasteiger partial charge in [-0.1, -0.05) is 19.1 Å². The van der Waals surface area contributed by atoms with Gasteiger partial charge in [0.2, 0.25) is 0 Å². The number of likely N-dealkylation sites (N-methyl/N-ethyl adjacent to an activating group) is 1. The molecule has 0 aliphatic heterocycles. The molecule has 108 valence electrons. The maximum absolute atomic E-state index is 9.41. The van der Waals surface area contributed by atoms with Gasteiger partial charge in [-0.2, -0.15) is 0 Å². The van der Waals surface area contributed by atoms with Crippen LogP contribution in [0.2, 0.25) is 0 Å². The summed E-state index contributed by atoms with van der Waals surface area (Å²) < 4.78 is 5.83. The summed E-state index contributed by atoms with van der Waals surface area (Å²) in [6.45, 7) is 10.00. The molecule has 1 aromatic carbocycles. The van der Waals surface area contributed by atoms with Crippen LogP contribution in [0.25, 0.3) is 0 Å². The van der Waals surface area contributed by atoms with Crippen LogP contribution < -0.4 is 10.1 Å². The molecule has 0 bridgehead atoms. The first-order valence-electron chi connectivity index (χ1n) is 7.07. The van der Waals surface area contributed by atoms with Gasteiger partial charge in [-0.15, -0.1) is 0 Å². The summed E-state index contributed by atoms with van der Waals surface area (Å²) in [7, 11) is 0. The average molecular weight is 265 g/mol. The third-order valence-electron chi connectivity index (χ3n) is 3.64. The minimum Gasteiger partial charge on any atom is -0.493 e. The van der Waals surface area contributed by atoms with Crippen LogP contribution in [0.3, 0.4) is 0 Å². The van der Waals surface area contributed by atoms with Crippen molar-refractivity contribution in [2.45, 2.75) is 46.1 Å². The number of benzene rings is 1. The highest BCUT2D eigenvalue weighted by Gasteiger charge is 2.20. The van der Waals surface area contributed by atoms with E-state index in [1.54, 1.807) is 0 Å². The van der Waals surface area contributed by atoms with Gasteiger partial charge < -0.3 is 15.2 Å². The van der Waals surface area contributed by atoms with Crippen molar-refractivity contribution in [3.63, 3.8) is 0 Å². The molecule has 0 heterocycles. The Morgan fingerprint density at radius 2 is 2.05 bits per heavy atom. The van der Waals surface area contributed by atoms with Crippen LogP contribution in [0.4, 0.5) is 0 Å². The van der Waals surface area contributed by atoms with E-state index in [2.05, 4.69) is 39.1 Å². The lowest BCUT2D eigenvalue weighted by atomic mass is 9.97. The van der Waals surface area contributed by atoms with Crippen molar-refractivity contribution in [1.29, 1.82) is 0 Å². The SMILES string of the molecule is CCNC(C)(CO)CCCOc1cccc(C)c1C. The van der Waals surface area contributed by atoms with E-state index in [1.807, 2.05) is 12.1 Å². The average Bonchev–Trinajstić information content (AvgIpc) is 2.40. The molecule has 1 unspecified atom stereocenters. The molecule has 0 saturated heterocycles. The standard InChI is InChI=1S/C16H27NO2/c1-5-17-16(4,12-18)10-7-11-19-15-9-6-8-13(2)14(15)3/h6,8-9,17-18H,5,7,10-12H2,1-4H3. The Hall–Kier alpha value is -1.06. The van der Waals surface area contributed by atoms with Crippen molar-refractivity contribution < 1.29 is 9.84 Å². The molecule has 0 saturated carbocycles. The molecule has 1 atom stereocenters. The van der Waals surface area contributed by atoms with Gasteiger partial charge in [0, 0.05) is 5.54 Å². The van der Waals surface area contributed by atoms with Gasteiger partial charge in [0.1, 0.15) is 5.75 Å². The molecule has 3 heteroatoms. The van der Waals surface area contributed by atoms with Crippen molar-refractivity contribution >= 4 is 0 Å². The first kappa shape index (κ1) is 16.0. The largest absolute Gasteiger partial charge is 0.493 e. The summed E-state index contributed by atoms with van der Waals surface area (Å²) in [5.74, 6) is 0.967. The van der Waals surface area contributed by atoms with Crippen LogP contribution in [0, 0.1) is 13.8 Å². The summed E-state index contributed by atoms with van der Waals surface area (Å²) in [6.07, 6.45) is 1.83. The number of aliphatic hydroxyl groups excluding tert-OH is 1. The Labute approximate surface area is 117 Å². The molecule has 1 aromatic rings. The van der Waals surface area contributed by atoms with Crippen molar-refractivity contribution in [3.8, 4) is 5.75 Å². The molecule has 3 nitrogen and oxygen atoms in total. The number of aryl methyl sites for hydroxylation is 1. The van der Waals surface area contributed by atoms with E-state index >= 15 is 0 Å². The van der Waals surface area contributed by atoms with Crippen LogP contribution in [0.1, 0.15) is 37.8 Å². The highest BCUT2D eigenvalue weighted by molar-refractivity contribution is 5.38. The zero-order chi connectivity index (χ0) is 14.3. The Morgan fingerprint density at radius 3 is 2.68 bits per heavy atom. The first-order valence-corrected chi connectivity index (χ1v) is 7.07. The molecule has 0 aromatic heterocycles. The van der Waals surface area contributed by atoms with E-state index < -0.39 is 0 Å². The molecule has 0 radical (unpaired) electrons. The maximum atomic E-state index is 9.41. The smallest absolute Gasteiger partial charge is 0.122 e. The molecule has 0 fully saturated rings. The minimum atomic E-state index is -0.195. The third-order valence-corrected chi connectivity index (χ3v) is 3.64. The van der Waals surface area contributed by atoms with Crippen molar-refractivity contribution in [1.82, 2.24) is 5.32 Å². The second kappa shape index (κ2) is 7.51. The highest BCUT2D eigenvalue weighted by atomic mass is 16.5. The second-order valence-corrected chi connectivity index (χ2v) is 5.40. The van der Waals surface area contributed by atoms with E-state index in [0.29, 0.717) is 6.61 Å². The summed E-state index contributed by atoms with van der Waals surface area (Å²) in [5, 5.41) is 12.7. The number of nitrogens with one attached hydrogen (secondary N) is 1. The molecule has 2 N–H and O–H groups in total. The fourth-order valence-corrected chi connectivity index (χ4v) is 2.18. The lowest BCUT2D eigenvalue weighted by Gasteiger charge is -2.28. The number of rotatable bonds is 8. The van der Waals surface area contributed by atoms with Gasteiger partial charge in [-0.05, 0) is 57.4 Å². The fraction of sp³-hybridized carbons (Fsp3) is 0.625. The number of ether oxygens (including phenoxy) is 1. The lowest BCUT2D eigenvalue weighted by molar-refractivity contribution is 0.158. The number of aliphatic hydroxyl groups is 1. The fourth-order valence-electron chi connectivity index (χ4n) is 2.18. The lowest BCUT2D eigenvalue weighted by Crippen LogP contribution is -2.45. The Morgan fingerprint density at radius 1 is 1.32 bits per heavy atom. The Kier molecular flexibility index (Phi) is 6.32. The molecule has 0 aliphatic carbocycles. The molecule has 1 rings (SSSR count). The normalized spacial score (nSPS) is 14.2. The van der Waals surface area contributed by atoms with Crippen molar-refractivity contribution in [2.75, 3.05) is 19.8 Å². The number of hydrogen-bond acceptors (Lipinski definition) is 3. The van der Waals surface area contributed by atoms with Gasteiger partial charge in [-0.25, -0.2) is 0 Å². The summed E-state index contributed by atoms with van der Waals surface area (Å²) in [4.78, 5) is 0. The predicted molar refractivity (Wildman–Crippen MR) is 79.8 cm³/mol. The number of hydrogen-bond donors (Lipinski definition) is 2. The van der Waals surface area contributed by atoms with Gasteiger partial charge >= 0.3 is 0 Å². The molecular formula is C16H27NO2.